The number of carbonyl (C=O) groups is 2. The fourth-order valence-electron chi connectivity index (χ4n) is 3.70. The SMILES string of the molecule is O=C1C(=O)N(c2ccc(C(F)(F)F)cc2)C(c2ccccc2F)/C1=C(\O)c1ccc(Cl)c(Cl)c1. The van der Waals surface area contributed by atoms with E-state index in [2.05, 4.69) is 0 Å². The van der Waals surface area contributed by atoms with Gasteiger partial charge in [-0.2, -0.15) is 13.2 Å². The van der Waals surface area contributed by atoms with E-state index in [0.29, 0.717) is 0 Å². The molecular weight excluding hydrogens is 497 g/mol. The van der Waals surface area contributed by atoms with Crippen molar-refractivity contribution in [3.05, 3.63) is 105 Å². The van der Waals surface area contributed by atoms with Gasteiger partial charge in [0.25, 0.3) is 11.7 Å². The number of hydrogen-bond acceptors (Lipinski definition) is 3. The third kappa shape index (κ3) is 4.15. The number of carbonyl (C=O) groups excluding carboxylic acids is 2. The number of Topliss-reactive ketones (excluding diaryl/α,β-unsaturated/α-hetero) is 1. The van der Waals surface area contributed by atoms with Gasteiger partial charge >= 0.3 is 6.18 Å². The molecule has 0 aliphatic carbocycles. The van der Waals surface area contributed by atoms with E-state index in [9.17, 15) is 32.3 Å². The minimum atomic E-state index is -4.62. The summed E-state index contributed by atoms with van der Waals surface area (Å²) in [5.74, 6) is -3.71. The smallest absolute Gasteiger partial charge is 0.416 e. The van der Waals surface area contributed by atoms with Crippen LogP contribution in [-0.2, 0) is 15.8 Å². The van der Waals surface area contributed by atoms with Crippen molar-refractivity contribution in [2.45, 2.75) is 12.2 Å². The molecule has 0 saturated carbocycles. The van der Waals surface area contributed by atoms with Gasteiger partial charge in [0.05, 0.1) is 27.2 Å². The van der Waals surface area contributed by atoms with Gasteiger partial charge in [0.2, 0.25) is 0 Å². The second-order valence-corrected chi connectivity index (χ2v) is 8.18. The predicted octanol–water partition coefficient (Wildman–Crippen LogP) is 6.78. The van der Waals surface area contributed by atoms with Crippen LogP contribution in [-0.4, -0.2) is 16.8 Å². The summed E-state index contributed by atoms with van der Waals surface area (Å²) in [4.78, 5) is 26.8. The maximum Gasteiger partial charge on any atom is 0.416 e. The van der Waals surface area contributed by atoms with Gasteiger partial charge in [0, 0.05) is 16.8 Å². The first-order valence-electron chi connectivity index (χ1n) is 9.69. The lowest BCUT2D eigenvalue weighted by molar-refractivity contribution is -0.137. The van der Waals surface area contributed by atoms with Crippen molar-refractivity contribution in [2.75, 3.05) is 4.90 Å². The molecule has 34 heavy (non-hydrogen) atoms. The highest BCUT2D eigenvalue weighted by Crippen LogP contribution is 2.44. The zero-order chi connectivity index (χ0) is 24.8. The van der Waals surface area contributed by atoms with Crippen LogP contribution in [0.4, 0.5) is 23.2 Å². The van der Waals surface area contributed by atoms with Crippen LogP contribution in [0.1, 0.15) is 22.7 Å². The lowest BCUT2D eigenvalue weighted by Crippen LogP contribution is -2.30. The molecule has 1 heterocycles. The molecule has 3 aromatic carbocycles. The van der Waals surface area contributed by atoms with Gasteiger partial charge in [-0.1, -0.05) is 41.4 Å². The van der Waals surface area contributed by atoms with E-state index >= 15 is 0 Å². The number of rotatable bonds is 3. The average molecular weight is 510 g/mol. The van der Waals surface area contributed by atoms with Gasteiger partial charge in [0.15, 0.2) is 0 Å². The second kappa shape index (κ2) is 8.77. The number of aliphatic hydroxyl groups is 1. The molecule has 1 unspecified atom stereocenters. The first kappa shape index (κ1) is 23.8. The van der Waals surface area contributed by atoms with E-state index in [1.165, 1.54) is 36.4 Å². The Bertz CT molecular complexity index is 1340. The quantitative estimate of drug-likeness (QED) is 0.183. The molecule has 1 amide bonds. The highest BCUT2D eigenvalue weighted by molar-refractivity contribution is 6.51. The summed E-state index contributed by atoms with van der Waals surface area (Å²) in [7, 11) is 0. The van der Waals surface area contributed by atoms with Crippen molar-refractivity contribution < 1.29 is 32.3 Å². The van der Waals surface area contributed by atoms with E-state index in [1.54, 1.807) is 0 Å². The number of anilines is 1. The average Bonchev–Trinajstić information content (AvgIpc) is 3.05. The Labute approximate surface area is 200 Å². The zero-order valence-corrected chi connectivity index (χ0v) is 18.4. The standard InChI is InChI=1S/C24H13Cl2F4NO3/c25-16-10-5-12(11-17(16)26)21(32)19-20(15-3-1-2-4-18(15)27)31(23(34)22(19)33)14-8-6-13(7-9-14)24(28,29)30/h1-11,20,32H/b21-19+. The Morgan fingerprint density at radius 1 is 0.912 bits per heavy atom. The Morgan fingerprint density at radius 3 is 2.15 bits per heavy atom. The summed E-state index contributed by atoms with van der Waals surface area (Å²) in [5.41, 5.74) is -1.60. The summed E-state index contributed by atoms with van der Waals surface area (Å²) in [6.45, 7) is 0. The number of benzene rings is 3. The Kier molecular flexibility index (Phi) is 6.14. The van der Waals surface area contributed by atoms with E-state index in [4.69, 9.17) is 23.2 Å². The summed E-state index contributed by atoms with van der Waals surface area (Å²) >= 11 is 11.9. The number of aliphatic hydroxyl groups excluding tert-OH is 1. The third-order valence-electron chi connectivity index (χ3n) is 5.31. The molecule has 1 fully saturated rings. The van der Waals surface area contributed by atoms with Crippen LogP contribution in [0, 0.1) is 5.82 Å². The van der Waals surface area contributed by atoms with Crippen molar-refractivity contribution in [3.63, 3.8) is 0 Å². The Morgan fingerprint density at radius 2 is 1.56 bits per heavy atom. The minimum Gasteiger partial charge on any atom is -0.507 e. The van der Waals surface area contributed by atoms with E-state index < -0.39 is 46.6 Å². The lowest BCUT2D eigenvalue weighted by Gasteiger charge is -2.26. The van der Waals surface area contributed by atoms with Crippen molar-refractivity contribution in [1.29, 1.82) is 0 Å². The summed E-state index contributed by atoms with van der Waals surface area (Å²) in [6, 6.07) is 11.3. The van der Waals surface area contributed by atoms with Crippen LogP contribution in [0.3, 0.4) is 0 Å². The number of alkyl halides is 3. The summed E-state index contributed by atoms with van der Waals surface area (Å²) < 4.78 is 53.8. The fourth-order valence-corrected chi connectivity index (χ4v) is 4.00. The molecule has 1 atom stereocenters. The molecule has 3 aromatic rings. The van der Waals surface area contributed by atoms with Gasteiger partial charge in [-0.3, -0.25) is 14.5 Å². The van der Waals surface area contributed by atoms with Crippen LogP contribution in [0.25, 0.3) is 5.76 Å². The number of ketones is 1. The van der Waals surface area contributed by atoms with Crippen LogP contribution in [0.5, 0.6) is 0 Å². The van der Waals surface area contributed by atoms with E-state index in [-0.39, 0.29) is 26.9 Å². The van der Waals surface area contributed by atoms with Gasteiger partial charge in [-0.05, 0) is 48.5 Å². The molecule has 10 heteroatoms. The molecule has 0 aromatic heterocycles. The highest BCUT2D eigenvalue weighted by Gasteiger charge is 2.48. The Hall–Kier alpha value is -3.36. The van der Waals surface area contributed by atoms with Crippen molar-refractivity contribution >= 4 is 46.3 Å². The van der Waals surface area contributed by atoms with Gasteiger partial charge in [0.1, 0.15) is 11.6 Å². The number of halogens is 6. The monoisotopic (exact) mass is 509 g/mol. The molecule has 174 valence electrons. The summed E-state index contributed by atoms with van der Waals surface area (Å²) in [5, 5.41) is 11.2. The van der Waals surface area contributed by atoms with Crippen LogP contribution < -0.4 is 4.90 Å². The molecule has 1 aliphatic heterocycles. The van der Waals surface area contributed by atoms with Crippen molar-refractivity contribution in [3.8, 4) is 0 Å². The van der Waals surface area contributed by atoms with Gasteiger partial charge < -0.3 is 5.11 Å². The minimum absolute atomic E-state index is 0.0427. The second-order valence-electron chi connectivity index (χ2n) is 7.36. The first-order valence-corrected chi connectivity index (χ1v) is 10.4. The van der Waals surface area contributed by atoms with Crippen LogP contribution in [0.15, 0.2) is 72.3 Å². The normalized spacial score (nSPS) is 17.9. The van der Waals surface area contributed by atoms with Crippen LogP contribution in [0.2, 0.25) is 10.0 Å². The largest absolute Gasteiger partial charge is 0.507 e. The number of amides is 1. The van der Waals surface area contributed by atoms with Gasteiger partial charge in [-0.25, -0.2) is 4.39 Å². The molecular formula is C24H13Cl2F4NO3. The van der Waals surface area contributed by atoms with E-state index in [1.807, 2.05) is 0 Å². The van der Waals surface area contributed by atoms with Crippen LogP contribution >= 0.6 is 23.2 Å². The fraction of sp³-hybridized carbons (Fsp3) is 0.0833. The molecule has 4 rings (SSSR count). The first-order chi connectivity index (χ1) is 16.0. The number of nitrogens with zero attached hydrogens (tertiary/aromatic N) is 1. The maximum atomic E-state index is 14.8. The van der Waals surface area contributed by atoms with Gasteiger partial charge in [-0.15, -0.1) is 0 Å². The molecule has 0 radical (unpaired) electrons. The third-order valence-corrected chi connectivity index (χ3v) is 6.05. The van der Waals surface area contributed by atoms with Crippen molar-refractivity contribution in [2.24, 2.45) is 0 Å². The maximum absolute atomic E-state index is 14.8. The molecule has 1 N–H and O–H groups in total. The molecule has 0 spiro atoms. The topological polar surface area (TPSA) is 57.6 Å². The summed E-state index contributed by atoms with van der Waals surface area (Å²) in [6.07, 6.45) is -4.62. The number of hydrogen-bond donors (Lipinski definition) is 1. The molecule has 0 bridgehead atoms. The van der Waals surface area contributed by atoms with Crippen molar-refractivity contribution in [1.82, 2.24) is 0 Å². The predicted molar refractivity (Wildman–Crippen MR) is 119 cm³/mol. The van der Waals surface area contributed by atoms with E-state index in [0.717, 1.165) is 35.2 Å². The molecule has 4 nitrogen and oxygen atoms in total. The lowest BCUT2D eigenvalue weighted by atomic mass is 9.94. The highest BCUT2D eigenvalue weighted by atomic mass is 35.5. The molecule has 1 saturated heterocycles. The Balaban J connectivity index is 1.93. The molecule has 1 aliphatic rings. The zero-order valence-electron chi connectivity index (χ0n) is 16.9.